The molecule has 1 aromatic carbocycles. The van der Waals surface area contributed by atoms with Crippen LogP contribution in [0.1, 0.15) is 39.7 Å². The first-order chi connectivity index (χ1) is 7.84. The maximum absolute atomic E-state index is 11.4. The third-order valence-electron chi connectivity index (χ3n) is 2.32. The van der Waals surface area contributed by atoms with E-state index in [4.69, 9.17) is 4.74 Å². The third-order valence-corrected chi connectivity index (χ3v) is 2.32. The molecule has 0 aromatic heterocycles. The van der Waals surface area contributed by atoms with Gasteiger partial charge in [-0.05, 0) is 12.1 Å². The van der Waals surface area contributed by atoms with Gasteiger partial charge in [0.15, 0.2) is 6.10 Å². The molecule has 3 heteroatoms. The second-order valence-electron chi connectivity index (χ2n) is 4.95. The van der Waals surface area contributed by atoms with E-state index >= 15 is 0 Å². The van der Waals surface area contributed by atoms with Gasteiger partial charge in [0.1, 0.15) is 5.75 Å². The van der Waals surface area contributed by atoms with Crippen LogP contribution in [-0.4, -0.2) is 11.1 Å². The van der Waals surface area contributed by atoms with Gasteiger partial charge in [-0.25, -0.2) is 0 Å². The van der Waals surface area contributed by atoms with Gasteiger partial charge < -0.3 is 9.84 Å². The molecule has 1 rings (SSSR count). The fourth-order valence-corrected chi connectivity index (χ4v) is 1.44. The number of carbonyl (C=O) groups excluding carboxylic acids is 1. The molecule has 3 nitrogen and oxygen atoms in total. The number of esters is 1. The minimum absolute atomic E-state index is 0.198. The van der Waals surface area contributed by atoms with Gasteiger partial charge in [0.25, 0.3) is 0 Å². The highest BCUT2D eigenvalue weighted by Gasteiger charge is 2.31. The predicted octanol–water partition coefficient (Wildman–Crippen LogP) is 3.27. The summed E-state index contributed by atoms with van der Waals surface area (Å²) in [5.74, 6) is -0.0492. The Morgan fingerprint density at radius 3 is 2.18 bits per heavy atom. The standard InChI is InChI=1S/C14H19O3/c1-5-12(16)17-13(14(2,3)4)10-6-8-11(15)9-7-10/h6-9,15H,5H2,1-4H3. The van der Waals surface area contributed by atoms with Crippen molar-refractivity contribution in [2.45, 2.75) is 34.1 Å². The average Bonchev–Trinajstić information content (AvgIpc) is 2.25. The Labute approximate surface area is 102 Å². The highest BCUT2D eigenvalue weighted by molar-refractivity contribution is 5.70. The van der Waals surface area contributed by atoms with Gasteiger partial charge in [-0.2, -0.15) is 0 Å². The van der Waals surface area contributed by atoms with Crippen molar-refractivity contribution in [3.05, 3.63) is 35.9 Å². The van der Waals surface area contributed by atoms with E-state index in [1.54, 1.807) is 31.2 Å². The largest absolute Gasteiger partial charge is 0.508 e. The Bertz CT molecular complexity index is 373. The quantitative estimate of drug-likeness (QED) is 0.818. The summed E-state index contributed by atoms with van der Waals surface area (Å²) in [4.78, 5) is 11.4. The van der Waals surface area contributed by atoms with Crippen LogP contribution < -0.4 is 0 Å². The van der Waals surface area contributed by atoms with E-state index in [1.165, 1.54) is 0 Å². The van der Waals surface area contributed by atoms with Crippen LogP contribution in [0, 0.1) is 11.5 Å². The summed E-state index contributed by atoms with van der Waals surface area (Å²) in [5, 5.41) is 9.25. The summed E-state index contributed by atoms with van der Waals surface area (Å²) in [6.07, 6.45) is 0.974. The number of phenolic OH excluding ortho intramolecular Hbond substituents is 1. The SMILES string of the molecule is CCC(=O)O[C](c1ccc(O)cc1)C(C)(C)C. The van der Waals surface area contributed by atoms with Gasteiger partial charge in [-0.1, -0.05) is 39.8 Å². The van der Waals surface area contributed by atoms with Crippen LogP contribution in [0.25, 0.3) is 0 Å². The Morgan fingerprint density at radius 1 is 1.24 bits per heavy atom. The van der Waals surface area contributed by atoms with Crippen LogP contribution in [0.4, 0.5) is 0 Å². The number of carbonyl (C=O) groups is 1. The molecule has 0 unspecified atom stereocenters. The molecule has 0 spiro atoms. The van der Waals surface area contributed by atoms with Gasteiger partial charge >= 0.3 is 5.97 Å². The van der Waals surface area contributed by atoms with Gasteiger partial charge in [0, 0.05) is 17.4 Å². The molecule has 0 saturated carbocycles. The topological polar surface area (TPSA) is 46.5 Å². The molecule has 0 aliphatic rings. The molecule has 0 amide bonds. The van der Waals surface area contributed by atoms with Crippen molar-refractivity contribution in [2.75, 3.05) is 0 Å². The third kappa shape index (κ3) is 3.77. The molecule has 0 aliphatic carbocycles. The molecule has 17 heavy (non-hydrogen) atoms. The van der Waals surface area contributed by atoms with E-state index < -0.39 is 0 Å². The molecule has 0 saturated heterocycles. The van der Waals surface area contributed by atoms with Crippen molar-refractivity contribution < 1.29 is 14.6 Å². The van der Waals surface area contributed by atoms with Crippen molar-refractivity contribution >= 4 is 5.97 Å². The normalized spacial score (nSPS) is 11.6. The van der Waals surface area contributed by atoms with Crippen molar-refractivity contribution in [1.82, 2.24) is 0 Å². The van der Waals surface area contributed by atoms with Crippen LogP contribution in [0.3, 0.4) is 0 Å². The van der Waals surface area contributed by atoms with Gasteiger partial charge in [-0.3, -0.25) is 4.79 Å². The van der Waals surface area contributed by atoms with Gasteiger partial charge in [0.2, 0.25) is 0 Å². The number of hydrogen-bond donors (Lipinski definition) is 1. The average molecular weight is 235 g/mol. The van der Waals surface area contributed by atoms with Gasteiger partial charge in [0.05, 0.1) is 0 Å². The van der Waals surface area contributed by atoms with Crippen LogP contribution >= 0.6 is 0 Å². The summed E-state index contributed by atoms with van der Waals surface area (Å²) < 4.78 is 5.39. The number of phenols is 1. The van der Waals surface area contributed by atoms with Crippen molar-refractivity contribution in [3.63, 3.8) is 0 Å². The summed E-state index contributed by atoms with van der Waals surface area (Å²) >= 11 is 0. The lowest BCUT2D eigenvalue weighted by molar-refractivity contribution is -0.143. The zero-order valence-corrected chi connectivity index (χ0v) is 10.8. The maximum atomic E-state index is 11.4. The fraction of sp³-hybridized carbons (Fsp3) is 0.429. The first-order valence-corrected chi connectivity index (χ1v) is 5.72. The lowest BCUT2D eigenvalue weighted by Crippen LogP contribution is -2.24. The lowest BCUT2D eigenvalue weighted by atomic mass is 9.84. The van der Waals surface area contributed by atoms with E-state index in [1.807, 2.05) is 20.8 Å². The second kappa shape index (κ2) is 5.21. The van der Waals surface area contributed by atoms with E-state index in [9.17, 15) is 9.90 Å². The summed E-state index contributed by atoms with van der Waals surface area (Å²) in [6.45, 7) is 7.72. The molecule has 1 radical (unpaired) electrons. The Balaban J connectivity index is 2.98. The first-order valence-electron chi connectivity index (χ1n) is 5.72. The summed E-state index contributed by atoms with van der Waals surface area (Å²) in [6, 6.07) is 6.67. The maximum Gasteiger partial charge on any atom is 0.306 e. The smallest absolute Gasteiger partial charge is 0.306 e. The Kier molecular flexibility index (Phi) is 4.16. The van der Waals surface area contributed by atoms with Crippen LogP contribution in [0.15, 0.2) is 24.3 Å². The van der Waals surface area contributed by atoms with Crippen LogP contribution in [-0.2, 0) is 9.53 Å². The van der Waals surface area contributed by atoms with Crippen molar-refractivity contribution in [3.8, 4) is 5.75 Å². The van der Waals surface area contributed by atoms with Gasteiger partial charge in [-0.15, -0.1) is 0 Å². The number of rotatable bonds is 3. The number of aromatic hydroxyl groups is 1. The number of ether oxygens (including phenoxy) is 1. The van der Waals surface area contributed by atoms with Crippen molar-refractivity contribution in [1.29, 1.82) is 0 Å². The Hall–Kier alpha value is -1.51. The van der Waals surface area contributed by atoms with E-state index in [0.29, 0.717) is 12.5 Å². The fourth-order valence-electron chi connectivity index (χ4n) is 1.44. The minimum atomic E-state index is -0.262. The molecular formula is C14H19O3. The molecule has 93 valence electrons. The number of benzene rings is 1. The highest BCUT2D eigenvalue weighted by atomic mass is 16.5. The molecule has 0 bridgehead atoms. The van der Waals surface area contributed by atoms with E-state index in [0.717, 1.165) is 5.56 Å². The molecule has 0 fully saturated rings. The predicted molar refractivity (Wildman–Crippen MR) is 66.3 cm³/mol. The molecule has 0 aliphatic heterocycles. The molecule has 1 aromatic rings. The first kappa shape index (κ1) is 13.6. The van der Waals surface area contributed by atoms with Crippen LogP contribution in [0.5, 0.6) is 5.75 Å². The van der Waals surface area contributed by atoms with Crippen LogP contribution in [0.2, 0.25) is 0 Å². The molecule has 0 heterocycles. The molecule has 1 N–H and O–H groups in total. The zero-order valence-electron chi connectivity index (χ0n) is 10.8. The lowest BCUT2D eigenvalue weighted by Gasteiger charge is -2.29. The zero-order chi connectivity index (χ0) is 13.1. The second-order valence-corrected chi connectivity index (χ2v) is 4.95. The molecule has 0 atom stereocenters. The van der Waals surface area contributed by atoms with E-state index in [2.05, 4.69) is 0 Å². The monoisotopic (exact) mass is 235 g/mol. The molecular weight excluding hydrogens is 216 g/mol. The Morgan fingerprint density at radius 2 is 1.76 bits per heavy atom. The minimum Gasteiger partial charge on any atom is -0.508 e. The number of hydrogen-bond acceptors (Lipinski definition) is 3. The van der Waals surface area contributed by atoms with E-state index in [-0.39, 0.29) is 17.1 Å². The van der Waals surface area contributed by atoms with Crippen molar-refractivity contribution in [2.24, 2.45) is 5.41 Å². The summed E-state index contributed by atoms with van der Waals surface area (Å²) in [7, 11) is 0. The highest BCUT2D eigenvalue weighted by Crippen LogP contribution is 2.35. The summed E-state index contributed by atoms with van der Waals surface area (Å²) in [5.41, 5.74) is 0.555.